The molecule has 1 N–H and O–H groups in total. The number of hydrogen-bond acceptors (Lipinski definition) is 3. The Kier molecular flexibility index (Phi) is 5.24. The van der Waals surface area contributed by atoms with E-state index in [9.17, 15) is 12.8 Å². The molecule has 2 rings (SSSR count). The molecule has 21 heavy (non-hydrogen) atoms. The smallest absolute Gasteiger partial charge is 0.246 e. The summed E-state index contributed by atoms with van der Waals surface area (Å²) in [5, 5.41) is 3.08. The van der Waals surface area contributed by atoms with E-state index < -0.39 is 15.8 Å². The summed E-state index contributed by atoms with van der Waals surface area (Å²) in [6.45, 7) is 4.80. The van der Waals surface area contributed by atoms with Crippen molar-refractivity contribution in [2.45, 2.75) is 43.7 Å². The molecule has 1 aliphatic rings. The average molecular weight is 335 g/mol. The van der Waals surface area contributed by atoms with Gasteiger partial charge in [0.05, 0.1) is 5.02 Å². The Balaban J connectivity index is 2.35. The molecule has 118 valence electrons. The number of hydrogen-bond donors (Lipinski definition) is 1. The Labute approximate surface area is 130 Å². The molecule has 1 unspecified atom stereocenters. The van der Waals surface area contributed by atoms with Gasteiger partial charge < -0.3 is 5.32 Å². The van der Waals surface area contributed by atoms with Crippen LogP contribution in [0.25, 0.3) is 0 Å². The molecule has 1 aromatic carbocycles. The molecule has 0 amide bonds. The van der Waals surface area contributed by atoms with E-state index in [1.165, 1.54) is 22.5 Å². The fourth-order valence-electron chi connectivity index (χ4n) is 2.53. The van der Waals surface area contributed by atoms with Gasteiger partial charge in [-0.2, -0.15) is 4.31 Å². The molecule has 0 radical (unpaired) electrons. The van der Waals surface area contributed by atoms with Crippen LogP contribution in [0.3, 0.4) is 0 Å². The summed E-state index contributed by atoms with van der Waals surface area (Å²) in [7, 11) is -3.91. The van der Waals surface area contributed by atoms with Gasteiger partial charge in [0.2, 0.25) is 10.0 Å². The molecule has 4 nitrogen and oxygen atoms in total. The Morgan fingerprint density at radius 3 is 2.76 bits per heavy atom. The minimum absolute atomic E-state index is 0.115. The standard InChI is InChI=1S/C14H20ClFN2O2S/c1-10(2)18(9-11-5-4-8-17-11)21(19,20)13-7-3-6-12(15)14(13)16/h3,6-7,10-11,17H,4-5,8-9H2,1-2H3. The van der Waals surface area contributed by atoms with Gasteiger partial charge in [0.15, 0.2) is 5.82 Å². The SMILES string of the molecule is CC(C)N(CC1CCCN1)S(=O)(=O)c1cccc(Cl)c1F. The van der Waals surface area contributed by atoms with Crippen LogP contribution in [0, 0.1) is 5.82 Å². The van der Waals surface area contributed by atoms with Crippen molar-refractivity contribution in [3.63, 3.8) is 0 Å². The van der Waals surface area contributed by atoms with Gasteiger partial charge in [-0.25, -0.2) is 12.8 Å². The minimum Gasteiger partial charge on any atom is -0.313 e. The summed E-state index contributed by atoms with van der Waals surface area (Å²) in [5.74, 6) is -0.885. The van der Waals surface area contributed by atoms with Crippen molar-refractivity contribution in [1.29, 1.82) is 0 Å². The molecule has 0 spiro atoms. The van der Waals surface area contributed by atoms with Crippen molar-refractivity contribution in [1.82, 2.24) is 9.62 Å². The van der Waals surface area contributed by atoms with Crippen molar-refractivity contribution in [2.75, 3.05) is 13.1 Å². The van der Waals surface area contributed by atoms with Crippen molar-refractivity contribution < 1.29 is 12.8 Å². The Morgan fingerprint density at radius 2 is 2.19 bits per heavy atom. The first-order valence-electron chi connectivity index (χ1n) is 7.03. The molecular formula is C14H20ClFN2O2S. The first-order chi connectivity index (χ1) is 9.84. The third-order valence-electron chi connectivity index (χ3n) is 3.64. The molecule has 1 aromatic rings. The maximum absolute atomic E-state index is 14.1. The number of halogens is 2. The lowest BCUT2D eigenvalue weighted by molar-refractivity contribution is 0.321. The van der Waals surface area contributed by atoms with Crippen LogP contribution >= 0.6 is 11.6 Å². The molecule has 7 heteroatoms. The quantitative estimate of drug-likeness (QED) is 0.900. The van der Waals surface area contributed by atoms with E-state index in [-0.39, 0.29) is 22.0 Å². The van der Waals surface area contributed by atoms with Gasteiger partial charge in [0, 0.05) is 18.6 Å². The van der Waals surface area contributed by atoms with Crippen molar-refractivity contribution in [3.05, 3.63) is 29.0 Å². The Hall–Kier alpha value is -0.690. The van der Waals surface area contributed by atoms with Crippen LogP contribution in [-0.2, 0) is 10.0 Å². The highest BCUT2D eigenvalue weighted by atomic mass is 35.5. The summed E-state index contributed by atoms with van der Waals surface area (Å²) in [4.78, 5) is -0.360. The van der Waals surface area contributed by atoms with Gasteiger partial charge in [-0.15, -0.1) is 0 Å². The highest BCUT2D eigenvalue weighted by Gasteiger charge is 2.32. The average Bonchev–Trinajstić information content (AvgIpc) is 2.91. The second-order valence-corrected chi connectivity index (χ2v) is 7.78. The van der Waals surface area contributed by atoms with Crippen LogP contribution in [0.5, 0.6) is 0 Å². The zero-order chi connectivity index (χ0) is 15.6. The largest absolute Gasteiger partial charge is 0.313 e. The molecule has 0 aliphatic carbocycles. The topological polar surface area (TPSA) is 49.4 Å². The van der Waals surface area contributed by atoms with Crippen LogP contribution in [0.15, 0.2) is 23.1 Å². The lowest BCUT2D eigenvalue weighted by Gasteiger charge is -2.28. The minimum atomic E-state index is -3.91. The second kappa shape index (κ2) is 6.60. The number of nitrogens with zero attached hydrogens (tertiary/aromatic N) is 1. The van der Waals surface area contributed by atoms with E-state index in [0.717, 1.165) is 19.4 Å². The third-order valence-corrected chi connectivity index (χ3v) is 5.99. The van der Waals surface area contributed by atoms with Gasteiger partial charge in [0.1, 0.15) is 4.90 Å². The lowest BCUT2D eigenvalue weighted by Crippen LogP contribution is -2.44. The van der Waals surface area contributed by atoms with Gasteiger partial charge in [-0.3, -0.25) is 0 Å². The summed E-state index contributed by atoms with van der Waals surface area (Å²) in [5.41, 5.74) is 0. The molecule has 1 saturated heterocycles. The zero-order valence-electron chi connectivity index (χ0n) is 12.1. The van der Waals surface area contributed by atoms with Crippen LogP contribution < -0.4 is 5.32 Å². The highest BCUT2D eigenvalue weighted by Crippen LogP contribution is 2.26. The first kappa shape index (κ1) is 16.7. The van der Waals surface area contributed by atoms with E-state index in [0.29, 0.717) is 6.54 Å². The molecule has 0 bridgehead atoms. The highest BCUT2D eigenvalue weighted by molar-refractivity contribution is 7.89. The first-order valence-corrected chi connectivity index (χ1v) is 8.85. The predicted octanol–water partition coefficient (Wildman–Crippen LogP) is 2.63. The van der Waals surface area contributed by atoms with E-state index in [1.54, 1.807) is 13.8 Å². The normalized spacial score (nSPS) is 19.6. The fraction of sp³-hybridized carbons (Fsp3) is 0.571. The Bertz CT molecular complexity index is 601. The van der Waals surface area contributed by atoms with E-state index >= 15 is 0 Å². The summed E-state index contributed by atoms with van der Waals surface area (Å²) >= 11 is 5.70. The predicted molar refractivity (Wildman–Crippen MR) is 81.5 cm³/mol. The van der Waals surface area contributed by atoms with Crippen LogP contribution in [0.2, 0.25) is 5.02 Å². The van der Waals surface area contributed by atoms with Gasteiger partial charge in [-0.05, 0) is 45.4 Å². The third kappa shape index (κ3) is 3.56. The van der Waals surface area contributed by atoms with Crippen LogP contribution in [0.1, 0.15) is 26.7 Å². The number of sulfonamides is 1. The van der Waals surface area contributed by atoms with E-state index in [4.69, 9.17) is 11.6 Å². The van der Waals surface area contributed by atoms with Gasteiger partial charge >= 0.3 is 0 Å². The number of nitrogens with one attached hydrogen (secondary N) is 1. The maximum atomic E-state index is 14.1. The maximum Gasteiger partial charge on any atom is 0.246 e. The van der Waals surface area contributed by atoms with E-state index in [2.05, 4.69) is 5.32 Å². The zero-order valence-corrected chi connectivity index (χ0v) is 13.7. The lowest BCUT2D eigenvalue weighted by atomic mass is 10.2. The number of rotatable bonds is 5. The molecule has 0 aromatic heterocycles. The summed E-state index contributed by atoms with van der Waals surface area (Å²) in [6.07, 6.45) is 1.96. The van der Waals surface area contributed by atoms with Gasteiger partial charge in [0.25, 0.3) is 0 Å². The summed E-state index contributed by atoms with van der Waals surface area (Å²) in [6, 6.07) is 3.91. The fourth-order valence-corrected chi connectivity index (χ4v) is 4.53. The monoisotopic (exact) mass is 334 g/mol. The molecule has 1 heterocycles. The molecule has 1 atom stereocenters. The van der Waals surface area contributed by atoms with E-state index in [1.807, 2.05) is 0 Å². The Morgan fingerprint density at radius 1 is 1.48 bits per heavy atom. The van der Waals surface area contributed by atoms with Gasteiger partial charge in [-0.1, -0.05) is 17.7 Å². The molecule has 1 fully saturated rings. The van der Waals surface area contributed by atoms with Crippen molar-refractivity contribution in [3.8, 4) is 0 Å². The molecular weight excluding hydrogens is 315 g/mol. The molecule has 1 aliphatic heterocycles. The van der Waals surface area contributed by atoms with Crippen molar-refractivity contribution in [2.24, 2.45) is 0 Å². The molecule has 0 saturated carbocycles. The second-order valence-electron chi connectivity index (χ2n) is 5.51. The van der Waals surface area contributed by atoms with Crippen LogP contribution in [0.4, 0.5) is 4.39 Å². The van der Waals surface area contributed by atoms with Crippen LogP contribution in [-0.4, -0.2) is 37.9 Å². The summed E-state index contributed by atoms with van der Waals surface area (Å²) < 4.78 is 40.9. The van der Waals surface area contributed by atoms with Crippen molar-refractivity contribution >= 4 is 21.6 Å². The number of benzene rings is 1.